The minimum Gasteiger partial charge on any atom is -0.326 e. The molecule has 172 valence electrons. The lowest BCUT2D eigenvalue weighted by Crippen LogP contribution is -2.19. The van der Waals surface area contributed by atoms with Crippen LogP contribution >= 0.6 is 20.0 Å². The highest BCUT2D eigenvalue weighted by Gasteiger charge is 2.33. The molecule has 0 aromatic heterocycles. The maximum Gasteiger partial charge on any atom is 0.416 e. The topological polar surface area (TPSA) is 58.6 Å². The van der Waals surface area contributed by atoms with E-state index in [1.165, 1.54) is 29.5 Å². The van der Waals surface area contributed by atoms with Crippen LogP contribution < -0.4 is 5.32 Å². The van der Waals surface area contributed by atoms with Crippen LogP contribution in [0.25, 0.3) is 0 Å². The van der Waals surface area contributed by atoms with Gasteiger partial charge in [-0.1, -0.05) is 42.8 Å². The Bertz CT molecular complexity index is 806. The van der Waals surface area contributed by atoms with Crippen molar-refractivity contribution in [3.8, 4) is 0 Å². The highest BCUT2D eigenvalue weighted by molar-refractivity contribution is 7.99. The number of hydrogen-bond acceptors (Lipinski definition) is 4. The summed E-state index contributed by atoms with van der Waals surface area (Å²) in [5.74, 6) is 0.789. The average molecular weight is 476 g/mol. The van der Waals surface area contributed by atoms with Gasteiger partial charge in [-0.2, -0.15) is 13.2 Å². The third-order valence-electron chi connectivity index (χ3n) is 4.65. The van der Waals surface area contributed by atoms with E-state index in [4.69, 9.17) is 4.89 Å². The number of thioether (sulfide) groups is 1. The summed E-state index contributed by atoms with van der Waals surface area (Å²) in [4.78, 5) is 9.19. The minimum absolute atomic E-state index is 0.0770. The molecule has 31 heavy (non-hydrogen) atoms. The fourth-order valence-corrected chi connectivity index (χ4v) is 4.35. The molecule has 0 spiro atoms. The zero-order valence-corrected chi connectivity index (χ0v) is 19.1. The fraction of sp³-hybridized carbons (Fsp3) is 0.455. The van der Waals surface area contributed by atoms with Gasteiger partial charge in [0.1, 0.15) is 0 Å². The van der Waals surface area contributed by atoms with E-state index in [0.717, 1.165) is 31.4 Å². The summed E-state index contributed by atoms with van der Waals surface area (Å²) in [5, 5.41) is 2.93. The molecule has 0 bridgehead atoms. The number of aryl methyl sites for hydroxylation is 1. The van der Waals surface area contributed by atoms with Crippen molar-refractivity contribution in [3.63, 3.8) is 0 Å². The van der Waals surface area contributed by atoms with Gasteiger partial charge in [-0.15, -0.1) is 11.8 Å². The molecular weight excluding hydrogens is 446 g/mol. The smallest absolute Gasteiger partial charge is 0.326 e. The summed E-state index contributed by atoms with van der Waals surface area (Å²) in [6.07, 6.45) is 0.134. The number of hydrogen-bond donors (Lipinski definition) is 2. The molecule has 2 N–H and O–H groups in total. The van der Waals surface area contributed by atoms with E-state index < -0.39 is 20.0 Å². The highest BCUT2D eigenvalue weighted by Crippen LogP contribution is 2.35. The summed E-state index contributed by atoms with van der Waals surface area (Å²) in [6.45, 7) is 0.563. The Hall–Kier alpha value is -1.31. The Morgan fingerprint density at radius 1 is 1.03 bits per heavy atom. The van der Waals surface area contributed by atoms with Gasteiger partial charge in [-0.25, -0.2) is 0 Å². The summed E-state index contributed by atoms with van der Waals surface area (Å²) in [6, 6.07) is 14.8. The molecule has 4 nitrogen and oxygen atoms in total. The van der Waals surface area contributed by atoms with Crippen molar-refractivity contribution < 1.29 is 27.2 Å². The van der Waals surface area contributed by atoms with Crippen molar-refractivity contribution in [2.24, 2.45) is 0 Å². The van der Waals surface area contributed by atoms with Crippen LogP contribution in [0.2, 0.25) is 0 Å². The zero-order chi connectivity index (χ0) is 22.5. The lowest BCUT2D eigenvalue weighted by molar-refractivity contribution is -0.138. The predicted octanol–water partition coefficient (Wildman–Crippen LogP) is 6.09. The molecular formula is C22H29F3NO3PS. The third-order valence-corrected chi connectivity index (χ3v) is 6.18. The second kappa shape index (κ2) is 14.0. The van der Waals surface area contributed by atoms with Crippen molar-refractivity contribution in [2.75, 3.05) is 18.9 Å². The molecule has 9 heteroatoms. The van der Waals surface area contributed by atoms with Crippen LogP contribution in [0.4, 0.5) is 13.2 Å². The van der Waals surface area contributed by atoms with Crippen LogP contribution in [0.15, 0.2) is 53.4 Å². The summed E-state index contributed by atoms with van der Waals surface area (Å²) < 4.78 is 55.4. The Labute approximate surface area is 186 Å². The first-order chi connectivity index (χ1) is 14.9. The fourth-order valence-electron chi connectivity index (χ4n) is 3.09. The first kappa shape index (κ1) is 25.9. The van der Waals surface area contributed by atoms with E-state index in [-0.39, 0.29) is 18.7 Å². The molecule has 0 amide bonds. The van der Waals surface area contributed by atoms with Gasteiger partial charge < -0.3 is 14.7 Å². The molecule has 0 saturated carbocycles. The quantitative estimate of drug-likeness (QED) is 0.197. The molecule has 0 aliphatic carbocycles. The summed E-state index contributed by atoms with van der Waals surface area (Å²) in [7, 11) is -2.96. The van der Waals surface area contributed by atoms with Crippen LogP contribution in [0.3, 0.4) is 0 Å². The summed E-state index contributed by atoms with van der Waals surface area (Å²) in [5.41, 5.74) is 0.883. The molecule has 1 atom stereocenters. The molecule has 1 unspecified atom stereocenters. The van der Waals surface area contributed by atoms with E-state index in [1.807, 2.05) is 18.2 Å². The van der Waals surface area contributed by atoms with Crippen molar-refractivity contribution in [1.29, 1.82) is 0 Å². The molecule has 2 aromatic carbocycles. The maximum absolute atomic E-state index is 13.5. The van der Waals surface area contributed by atoms with Gasteiger partial charge in [-0.3, -0.25) is 4.57 Å². The number of unbranched alkanes of at least 4 members (excludes halogenated alkanes) is 2. The lowest BCUT2D eigenvalue weighted by Gasteiger charge is -2.15. The van der Waals surface area contributed by atoms with E-state index in [2.05, 4.69) is 22.0 Å². The van der Waals surface area contributed by atoms with Crippen LogP contribution in [0.5, 0.6) is 0 Å². The molecule has 0 aliphatic rings. The number of alkyl halides is 3. The highest BCUT2D eigenvalue weighted by atomic mass is 32.2. The van der Waals surface area contributed by atoms with Gasteiger partial charge in [0.15, 0.2) is 0 Å². The minimum atomic E-state index is -4.41. The van der Waals surface area contributed by atoms with E-state index in [0.29, 0.717) is 17.9 Å². The van der Waals surface area contributed by atoms with Crippen LogP contribution in [-0.4, -0.2) is 23.8 Å². The second-order valence-corrected chi connectivity index (χ2v) is 9.09. The molecule has 0 saturated heterocycles. The molecule has 0 radical (unpaired) electrons. The van der Waals surface area contributed by atoms with Crippen molar-refractivity contribution in [3.05, 3.63) is 65.2 Å². The predicted molar refractivity (Wildman–Crippen MR) is 120 cm³/mol. The largest absolute Gasteiger partial charge is 0.416 e. The Morgan fingerprint density at radius 3 is 2.52 bits per heavy atom. The van der Waals surface area contributed by atoms with E-state index in [9.17, 15) is 17.7 Å². The molecule has 0 fully saturated rings. The maximum atomic E-state index is 13.5. The van der Waals surface area contributed by atoms with E-state index >= 15 is 0 Å². The number of rotatable bonds is 14. The van der Waals surface area contributed by atoms with Crippen molar-refractivity contribution in [1.82, 2.24) is 5.32 Å². The SMILES string of the molecule is O=[PH](O)OCCCNCc1ccc(SCCCCCc2ccccc2)cc1C(F)(F)F. The summed E-state index contributed by atoms with van der Waals surface area (Å²) >= 11 is 1.46. The second-order valence-electron chi connectivity index (χ2n) is 7.11. The van der Waals surface area contributed by atoms with Crippen LogP contribution in [-0.2, 0) is 28.2 Å². The molecule has 0 heterocycles. The van der Waals surface area contributed by atoms with Gasteiger partial charge in [0.2, 0.25) is 0 Å². The van der Waals surface area contributed by atoms with Crippen LogP contribution in [0, 0.1) is 0 Å². The third kappa shape index (κ3) is 10.7. The number of nitrogens with one attached hydrogen (secondary N) is 1. The van der Waals surface area contributed by atoms with Gasteiger partial charge >= 0.3 is 14.4 Å². The Kier molecular flexibility index (Phi) is 11.7. The first-order valence-corrected chi connectivity index (χ1v) is 12.5. The van der Waals surface area contributed by atoms with Gasteiger partial charge in [0, 0.05) is 11.4 Å². The van der Waals surface area contributed by atoms with E-state index in [1.54, 1.807) is 6.07 Å². The normalized spacial score (nSPS) is 12.8. The Morgan fingerprint density at radius 2 is 1.81 bits per heavy atom. The molecule has 2 rings (SSSR count). The Balaban J connectivity index is 1.76. The zero-order valence-electron chi connectivity index (χ0n) is 17.3. The molecule has 0 aliphatic heterocycles. The average Bonchev–Trinajstić information content (AvgIpc) is 2.73. The monoisotopic (exact) mass is 475 g/mol. The first-order valence-electron chi connectivity index (χ1n) is 10.3. The lowest BCUT2D eigenvalue weighted by atomic mass is 10.1. The van der Waals surface area contributed by atoms with Gasteiger partial charge in [0.25, 0.3) is 0 Å². The van der Waals surface area contributed by atoms with Crippen molar-refractivity contribution >= 4 is 20.0 Å². The molecule has 2 aromatic rings. The van der Waals surface area contributed by atoms with Crippen molar-refractivity contribution in [2.45, 2.75) is 49.7 Å². The number of benzene rings is 2. The van der Waals surface area contributed by atoms with Gasteiger partial charge in [0.05, 0.1) is 12.2 Å². The number of halogens is 3. The van der Waals surface area contributed by atoms with Crippen LogP contribution in [0.1, 0.15) is 42.4 Å². The standard InChI is InChI=1S/C22H29F3NO3PS/c23-22(24,25)21-16-20(12-11-19(21)17-26-13-7-14-29-30(27)28)31-15-6-2-5-10-18-8-3-1-4-9-18/h1,3-4,8-9,11-12,16,26,30H,2,5-7,10,13-15,17H2,(H,27,28). The van der Waals surface area contributed by atoms with Gasteiger partial charge in [-0.05, 0) is 61.2 Å².